The highest BCUT2D eigenvalue weighted by Gasteiger charge is 2.22. The molecule has 1 saturated carbocycles. The van der Waals surface area contributed by atoms with Gasteiger partial charge in [0, 0.05) is 37.9 Å². The van der Waals surface area contributed by atoms with E-state index in [2.05, 4.69) is 41.4 Å². The third-order valence-corrected chi connectivity index (χ3v) is 5.15. The minimum absolute atomic E-state index is 0.263. The van der Waals surface area contributed by atoms with Gasteiger partial charge in [-0.15, -0.1) is 0 Å². The molecule has 23 heavy (non-hydrogen) atoms. The zero-order chi connectivity index (χ0) is 16.1. The molecule has 4 nitrogen and oxygen atoms in total. The fourth-order valence-electron chi connectivity index (χ4n) is 3.69. The molecule has 0 atom stereocenters. The Labute approximate surface area is 139 Å². The minimum Gasteiger partial charge on any atom is -0.368 e. The Kier molecular flexibility index (Phi) is 5.55. The van der Waals surface area contributed by atoms with Gasteiger partial charge in [-0.2, -0.15) is 0 Å². The number of benzene rings is 1. The molecule has 1 aliphatic carbocycles. The second kappa shape index (κ2) is 7.82. The smallest absolute Gasteiger partial charge is 0.236 e. The number of rotatable bonds is 4. The fourth-order valence-corrected chi connectivity index (χ4v) is 3.69. The monoisotopic (exact) mass is 315 g/mol. The van der Waals surface area contributed by atoms with Gasteiger partial charge in [-0.25, -0.2) is 0 Å². The summed E-state index contributed by atoms with van der Waals surface area (Å²) in [6, 6.07) is 9.18. The molecule has 2 aliphatic rings. The standard InChI is InChI=1S/C19H29N3O/c1-16-6-5-9-18(14-16)21-10-12-22(13-11-21)19(23)15-20-17-7-3-2-4-8-17/h5-6,9,14,17,20H,2-4,7-8,10-13,15H2,1H3. The molecule has 1 aromatic carbocycles. The first-order chi connectivity index (χ1) is 11.2. The summed E-state index contributed by atoms with van der Waals surface area (Å²) in [5.41, 5.74) is 2.56. The van der Waals surface area contributed by atoms with E-state index < -0.39 is 0 Å². The van der Waals surface area contributed by atoms with Crippen LogP contribution in [0.1, 0.15) is 37.7 Å². The molecule has 0 bridgehead atoms. The number of nitrogens with zero attached hydrogens (tertiary/aromatic N) is 2. The van der Waals surface area contributed by atoms with Gasteiger partial charge in [-0.05, 0) is 37.5 Å². The van der Waals surface area contributed by atoms with Crippen LogP contribution in [0.4, 0.5) is 5.69 Å². The van der Waals surface area contributed by atoms with Crippen LogP contribution in [0.2, 0.25) is 0 Å². The van der Waals surface area contributed by atoms with E-state index in [-0.39, 0.29) is 5.91 Å². The maximum absolute atomic E-state index is 12.4. The summed E-state index contributed by atoms with van der Waals surface area (Å²) in [6.07, 6.45) is 6.43. The lowest BCUT2D eigenvalue weighted by atomic mass is 9.95. The third-order valence-electron chi connectivity index (χ3n) is 5.15. The number of carbonyl (C=O) groups is 1. The summed E-state index contributed by atoms with van der Waals surface area (Å²) >= 11 is 0. The van der Waals surface area contributed by atoms with Crippen molar-refractivity contribution in [3.05, 3.63) is 29.8 Å². The Morgan fingerprint density at radius 1 is 1.13 bits per heavy atom. The van der Waals surface area contributed by atoms with Crippen LogP contribution in [0.3, 0.4) is 0 Å². The van der Waals surface area contributed by atoms with Crippen LogP contribution in [0.5, 0.6) is 0 Å². The van der Waals surface area contributed by atoms with Crippen molar-refractivity contribution in [3.8, 4) is 0 Å². The Morgan fingerprint density at radius 3 is 2.57 bits per heavy atom. The van der Waals surface area contributed by atoms with Gasteiger partial charge >= 0.3 is 0 Å². The fraction of sp³-hybridized carbons (Fsp3) is 0.632. The molecule has 0 unspecified atom stereocenters. The predicted molar refractivity (Wildman–Crippen MR) is 94.8 cm³/mol. The lowest BCUT2D eigenvalue weighted by Crippen LogP contribution is -2.51. The Hall–Kier alpha value is -1.55. The molecule has 3 rings (SSSR count). The first-order valence-electron chi connectivity index (χ1n) is 9.05. The van der Waals surface area contributed by atoms with E-state index in [4.69, 9.17) is 0 Å². The van der Waals surface area contributed by atoms with Gasteiger partial charge in [-0.1, -0.05) is 31.4 Å². The van der Waals surface area contributed by atoms with E-state index in [0.717, 1.165) is 26.2 Å². The van der Waals surface area contributed by atoms with E-state index in [1.807, 2.05) is 4.90 Å². The lowest BCUT2D eigenvalue weighted by Gasteiger charge is -2.36. The summed E-state index contributed by atoms with van der Waals surface area (Å²) in [7, 11) is 0. The Bertz CT molecular complexity index is 517. The van der Waals surface area contributed by atoms with Crippen LogP contribution in [0.15, 0.2) is 24.3 Å². The summed E-state index contributed by atoms with van der Waals surface area (Å²) in [4.78, 5) is 16.8. The quantitative estimate of drug-likeness (QED) is 0.927. The normalized spacial score (nSPS) is 19.9. The minimum atomic E-state index is 0.263. The summed E-state index contributed by atoms with van der Waals surface area (Å²) in [6.45, 7) is 6.16. The lowest BCUT2D eigenvalue weighted by molar-refractivity contribution is -0.130. The van der Waals surface area contributed by atoms with Gasteiger partial charge in [0.05, 0.1) is 6.54 Å². The molecular weight excluding hydrogens is 286 g/mol. The van der Waals surface area contributed by atoms with Crippen LogP contribution in [-0.2, 0) is 4.79 Å². The van der Waals surface area contributed by atoms with Gasteiger partial charge in [0.25, 0.3) is 0 Å². The average Bonchev–Trinajstić information content (AvgIpc) is 2.61. The van der Waals surface area contributed by atoms with E-state index in [0.29, 0.717) is 12.6 Å². The van der Waals surface area contributed by atoms with Gasteiger partial charge in [0.15, 0.2) is 0 Å². The number of nitrogens with one attached hydrogen (secondary N) is 1. The van der Waals surface area contributed by atoms with Gasteiger partial charge in [-0.3, -0.25) is 4.79 Å². The third kappa shape index (κ3) is 4.47. The van der Waals surface area contributed by atoms with Gasteiger partial charge in [0.1, 0.15) is 0 Å². The van der Waals surface area contributed by atoms with Crippen molar-refractivity contribution in [1.82, 2.24) is 10.2 Å². The second-order valence-corrected chi connectivity index (χ2v) is 6.92. The molecule has 0 radical (unpaired) electrons. The number of hydrogen-bond acceptors (Lipinski definition) is 3. The van der Waals surface area contributed by atoms with E-state index in [1.165, 1.54) is 43.4 Å². The number of carbonyl (C=O) groups excluding carboxylic acids is 1. The SMILES string of the molecule is Cc1cccc(N2CCN(C(=O)CNC3CCCCC3)CC2)c1. The summed E-state index contributed by atoms with van der Waals surface area (Å²) < 4.78 is 0. The van der Waals surface area contributed by atoms with E-state index in [1.54, 1.807) is 0 Å². The van der Waals surface area contributed by atoms with Gasteiger partial charge in [0.2, 0.25) is 5.91 Å². The topological polar surface area (TPSA) is 35.6 Å². The van der Waals surface area contributed by atoms with E-state index in [9.17, 15) is 4.79 Å². The van der Waals surface area contributed by atoms with Crippen molar-refractivity contribution in [2.24, 2.45) is 0 Å². The highest BCUT2D eigenvalue weighted by Crippen LogP contribution is 2.19. The van der Waals surface area contributed by atoms with Crippen LogP contribution in [-0.4, -0.2) is 49.6 Å². The molecule has 1 aliphatic heterocycles. The largest absolute Gasteiger partial charge is 0.368 e. The maximum Gasteiger partial charge on any atom is 0.236 e. The van der Waals surface area contributed by atoms with Crippen molar-refractivity contribution < 1.29 is 4.79 Å². The zero-order valence-electron chi connectivity index (χ0n) is 14.3. The second-order valence-electron chi connectivity index (χ2n) is 6.92. The van der Waals surface area contributed by atoms with Crippen LogP contribution in [0.25, 0.3) is 0 Å². The average molecular weight is 315 g/mol. The van der Waals surface area contributed by atoms with Crippen molar-refractivity contribution in [1.29, 1.82) is 0 Å². The van der Waals surface area contributed by atoms with Crippen molar-refractivity contribution in [2.45, 2.75) is 45.1 Å². The number of hydrogen-bond donors (Lipinski definition) is 1. The highest BCUT2D eigenvalue weighted by molar-refractivity contribution is 5.78. The van der Waals surface area contributed by atoms with Crippen molar-refractivity contribution in [3.63, 3.8) is 0 Å². The van der Waals surface area contributed by atoms with Gasteiger partial charge < -0.3 is 15.1 Å². The predicted octanol–water partition coefficient (Wildman–Crippen LogP) is 2.57. The number of anilines is 1. The van der Waals surface area contributed by atoms with Crippen LogP contribution in [0, 0.1) is 6.92 Å². The Morgan fingerprint density at radius 2 is 1.87 bits per heavy atom. The van der Waals surface area contributed by atoms with E-state index >= 15 is 0 Å². The molecular formula is C19H29N3O. The zero-order valence-corrected chi connectivity index (χ0v) is 14.3. The maximum atomic E-state index is 12.4. The number of amides is 1. The van der Waals surface area contributed by atoms with Crippen LogP contribution >= 0.6 is 0 Å². The molecule has 4 heteroatoms. The molecule has 126 valence electrons. The summed E-state index contributed by atoms with van der Waals surface area (Å²) in [5, 5.41) is 3.46. The van der Waals surface area contributed by atoms with Crippen molar-refractivity contribution >= 4 is 11.6 Å². The Balaban J connectivity index is 1.43. The molecule has 1 amide bonds. The molecule has 1 aromatic rings. The van der Waals surface area contributed by atoms with Crippen molar-refractivity contribution in [2.75, 3.05) is 37.6 Å². The number of piperazine rings is 1. The molecule has 2 fully saturated rings. The number of aryl methyl sites for hydroxylation is 1. The molecule has 0 spiro atoms. The molecule has 1 heterocycles. The highest BCUT2D eigenvalue weighted by atomic mass is 16.2. The molecule has 1 saturated heterocycles. The van der Waals surface area contributed by atoms with Crippen LogP contribution < -0.4 is 10.2 Å². The first-order valence-corrected chi connectivity index (χ1v) is 9.05. The molecule has 0 aromatic heterocycles. The molecule has 1 N–H and O–H groups in total. The first kappa shape index (κ1) is 16.3. The summed E-state index contributed by atoms with van der Waals surface area (Å²) in [5.74, 6) is 0.263.